The summed E-state index contributed by atoms with van der Waals surface area (Å²) in [6, 6.07) is 21.1. The van der Waals surface area contributed by atoms with Gasteiger partial charge in [0.05, 0.1) is 18.0 Å². The molecule has 4 rings (SSSR count). The minimum atomic E-state index is -3.24. The van der Waals surface area contributed by atoms with Gasteiger partial charge in [-0.3, -0.25) is 0 Å². The summed E-state index contributed by atoms with van der Waals surface area (Å²) in [6.45, 7) is 1.32. The average molecular weight is 450 g/mol. The first-order valence-corrected chi connectivity index (χ1v) is 12.4. The smallest absolute Gasteiger partial charge is 0.175 e. The topological polar surface area (TPSA) is 64.6 Å². The van der Waals surface area contributed by atoms with Gasteiger partial charge >= 0.3 is 0 Å². The summed E-state index contributed by atoms with van der Waals surface area (Å²) in [5.74, 6) is 1.43. The summed E-state index contributed by atoms with van der Waals surface area (Å²) in [5, 5.41) is 3.52. The molecule has 0 bridgehead atoms. The Bertz CT molecular complexity index is 1220. The van der Waals surface area contributed by atoms with Crippen molar-refractivity contribution in [3.63, 3.8) is 0 Å². The number of hydrogen-bond acceptors (Lipinski definition) is 5. The summed E-state index contributed by atoms with van der Waals surface area (Å²) in [5.41, 5.74) is 4.30. The number of rotatable bonds is 7. The van der Waals surface area contributed by atoms with Crippen molar-refractivity contribution in [1.82, 2.24) is 5.32 Å². The Morgan fingerprint density at radius 3 is 2.59 bits per heavy atom. The molecule has 0 aliphatic carbocycles. The highest BCUT2D eigenvalue weighted by Crippen LogP contribution is 2.36. The Morgan fingerprint density at radius 1 is 1.03 bits per heavy atom. The standard InChI is InChI=1S/C26H27NO4S/c1-30-25-17-23-21(16-26(25)31-18-20-7-4-3-5-8-20)13-14-27-24(23)12-11-19-9-6-10-22(15-19)32(2,28)29/h3-12,15-17,24,27H,13-14,18H2,1-2H3/b12-11+. The minimum absolute atomic E-state index is 0.00212. The van der Waals surface area contributed by atoms with Crippen LogP contribution in [0.3, 0.4) is 0 Å². The van der Waals surface area contributed by atoms with Crippen molar-refractivity contribution < 1.29 is 17.9 Å². The molecule has 0 radical (unpaired) electrons. The van der Waals surface area contributed by atoms with E-state index in [2.05, 4.69) is 17.5 Å². The Kier molecular flexibility index (Phi) is 6.63. The summed E-state index contributed by atoms with van der Waals surface area (Å²) in [6.07, 6.45) is 6.13. The van der Waals surface area contributed by atoms with Crippen molar-refractivity contribution in [2.75, 3.05) is 19.9 Å². The van der Waals surface area contributed by atoms with Crippen LogP contribution in [0.25, 0.3) is 6.08 Å². The van der Waals surface area contributed by atoms with E-state index in [1.165, 1.54) is 11.8 Å². The molecule has 1 unspecified atom stereocenters. The maximum absolute atomic E-state index is 11.8. The summed E-state index contributed by atoms with van der Waals surface area (Å²) < 4.78 is 35.4. The number of benzene rings is 3. The first-order chi connectivity index (χ1) is 15.4. The van der Waals surface area contributed by atoms with Crippen LogP contribution in [0.4, 0.5) is 0 Å². The molecule has 1 heterocycles. The molecular weight excluding hydrogens is 422 g/mol. The number of methoxy groups -OCH3 is 1. The number of ether oxygens (including phenoxy) is 2. The van der Waals surface area contributed by atoms with Gasteiger partial charge in [-0.25, -0.2) is 8.42 Å². The minimum Gasteiger partial charge on any atom is -0.493 e. The van der Waals surface area contributed by atoms with Crippen LogP contribution in [0, 0.1) is 0 Å². The molecule has 0 amide bonds. The number of hydrogen-bond donors (Lipinski definition) is 1. The second kappa shape index (κ2) is 9.59. The molecule has 1 N–H and O–H groups in total. The van der Waals surface area contributed by atoms with E-state index in [0.29, 0.717) is 17.3 Å². The second-order valence-electron chi connectivity index (χ2n) is 7.86. The average Bonchev–Trinajstić information content (AvgIpc) is 2.81. The van der Waals surface area contributed by atoms with Gasteiger partial charge in [0.25, 0.3) is 0 Å². The normalized spacial score (nSPS) is 16.0. The van der Waals surface area contributed by atoms with Gasteiger partial charge in [0.15, 0.2) is 21.3 Å². The summed E-state index contributed by atoms with van der Waals surface area (Å²) in [7, 11) is -1.59. The molecule has 6 heteroatoms. The lowest BCUT2D eigenvalue weighted by Gasteiger charge is -2.26. The van der Waals surface area contributed by atoms with Crippen LogP contribution in [0.15, 0.2) is 77.7 Å². The van der Waals surface area contributed by atoms with Gasteiger partial charge < -0.3 is 14.8 Å². The van der Waals surface area contributed by atoms with Gasteiger partial charge in [-0.1, -0.05) is 54.6 Å². The van der Waals surface area contributed by atoms with E-state index in [9.17, 15) is 8.42 Å². The fourth-order valence-corrected chi connectivity index (χ4v) is 4.51. The highest BCUT2D eigenvalue weighted by molar-refractivity contribution is 7.90. The highest BCUT2D eigenvalue weighted by atomic mass is 32.2. The van der Waals surface area contributed by atoms with Gasteiger partial charge in [-0.15, -0.1) is 0 Å². The van der Waals surface area contributed by atoms with Gasteiger partial charge in [0.2, 0.25) is 0 Å². The van der Waals surface area contributed by atoms with Crippen LogP contribution in [-0.2, 0) is 22.9 Å². The van der Waals surface area contributed by atoms with Crippen molar-refractivity contribution in [3.05, 3.63) is 95.1 Å². The van der Waals surface area contributed by atoms with E-state index in [0.717, 1.165) is 35.4 Å². The molecule has 166 valence electrons. The Morgan fingerprint density at radius 2 is 1.84 bits per heavy atom. The molecule has 0 saturated carbocycles. The van der Waals surface area contributed by atoms with Crippen molar-refractivity contribution in [1.29, 1.82) is 0 Å². The third kappa shape index (κ3) is 5.21. The Labute approximate surface area is 189 Å². The lowest BCUT2D eigenvalue weighted by atomic mass is 9.93. The number of fused-ring (bicyclic) bond motifs is 1. The molecule has 0 saturated heterocycles. The third-order valence-corrected chi connectivity index (χ3v) is 6.63. The fourth-order valence-electron chi connectivity index (χ4n) is 3.83. The van der Waals surface area contributed by atoms with Crippen molar-refractivity contribution in [2.24, 2.45) is 0 Å². The molecular formula is C26H27NO4S. The lowest BCUT2D eigenvalue weighted by Crippen LogP contribution is -2.28. The zero-order valence-electron chi connectivity index (χ0n) is 18.2. The highest BCUT2D eigenvalue weighted by Gasteiger charge is 2.21. The first kappa shape index (κ1) is 22.1. The zero-order valence-corrected chi connectivity index (χ0v) is 19.1. The largest absolute Gasteiger partial charge is 0.493 e. The molecule has 3 aromatic rings. The van der Waals surface area contributed by atoms with E-state index < -0.39 is 9.84 Å². The van der Waals surface area contributed by atoms with Gasteiger partial charge in [0, 0.05) is 12.8 Å². The quantitative estimate of drug-likeness (QED) is 0.572. The molecule has 1 aliphatic heterocycles. The zero-order chi connectivity index (χ0) is 22.6. The predicted molar refractivity (Wildman–Crippen MR) is 127 cm³/mol. The maximum atomic E-state index is 11.8. The Hall–Kier alpha value is -3.09. The molecule has 1 atom stereocenters. The van der Waals surface area contributed by atoms with Crippen LogP contribution in [0.1, 0.15) is 28.3 Å². The van der Waals surface area contributed by atoms with E-state index >= 15 is 0 Å². The van der Waals surface area contributed by atoms with Crippen molar-refractivity contribution >= 4 is 15.9 Å². The van der Waals surface area contributed by atoms with Gasteiger partial charge in [-0.05, 0) is 52.9 Å². The molecule has 32 heavy (non-hydrogen) atoms. The van der Waals surface area contributed by atoms with Crippen LogP contribution >= 0.6 is 0 Å². The van der Waals surface area contributed by atoms with Crippen LogP contribution in [0.2, 0.25) is 0 Å². The molecule has 1 aliphatic rings. The second-order valence-corrected chi connectivity index (χ2v) is 9.88. The SMILES string of the molecule is COc1cc2c(cc1OCc1ccccc1)CCNC2/C=C/c1cccc(S(C)(=O)=O)c1. The molecule has 0 aromatic heterocycles. The summed E-state index contributed by atoms with van der Waals surface area (Å²) >= 11 is 0. The third-order valence-electron chi connectivity index (χ3n) is 5.52. The van der Waals surface area contributed by atoms with Crippen molar-refractivity contribution in [3.8, 4) is 11.5 Å². The van der Waals surface area contributed by atoms with E-state index in [1.54, 1.807) is 25.3 Å². The lowest BCUT2D eigenvalue weighted by molar-refractivity contribution is 0.283. The van der Waals surface area contributed by atoms with E-state index in [1.807, 2.05) is 48.5 Å². The Balaban J connectivity index is 1.57. The van der Waals surface area contributed by atoms with E-state index in [-0.39, 0.29) is 6.04 Å². The predicted octanol–water partition coefficient (Wildman–Crippen LogP) is 4.58. The molecule has 0 spiro atoms. The fraction of sp³-hybridized carbons (Fsp3) is 0.231. The monoisotopic (exact) mass is 449 g/mol. The van der Waals surface area contributed by atoms with E-state index in [4.69, 9.17) is 9.47 Å². The van der Waals surface area contributed by atoms with Crippen molar-refractivity contribution in [2.45, 2.75) is 24.0 Å². The first-order valence-electron chi connectivity index (χ1n) is 10.5. The van der Waals surface area contributed by atoms with Crippen LogP contribution in [0.5, 0.6) is 11.5 Å². The molecule has 3 aromatic carbocycles. The number of nitrogens with one attached hydrogen (secondary N) is 1. The summed E-state index contributed by atoms with van der Waals surface area (Å²) in [4.78, 5) is 0.318. The van der Waals surface area contributed by atoms with Gasteiger partial charge in [0.1, 0.15) is 6.61 Å². The number of sulfone groups is 1. The van der Waals surface area contributed by atoms with Crippen LogP contribution < -0.4 is 14.8 Å². The molecule has 0 fully saturated rings. The van der Waals surface area contributed by atoms with Crippen LogP contribution in [-0.4, -0.2) is 28.3 Å². The molecule has 5 nitrogen and oxygen atoms in total. The van der Waals surface area contributed by atoms with Gasteiger partial charge in [-0.2, -0.15) is 0 Å². The maximum Gasteiger partial charge on any atom is 0.175 e.